The van der Waals surface area contributed by atoms with Gasteiger partial charge in [0.15, 0.2) is 0 Å². The first-order valence-corrected chi connectivity index (χ1v) is 17.2. The highest BCUT2D eigenvalue weighted by molar-refractivity contribution is 5.69. The fourth-order valence-electron chi connectivity index (χ4n) is 4.81. The fraction of sp³-hybridized carbons (Fsp3) is 0.971. The van der Waals surface area contributed by atoms with Gasteiger partial charge in [-0.2, -0.15) is 0 Å². The van der Waals surface area contributed by atoms with E-state index in [9.17, 15) is 4.79 Å². The molecule has 0 aromatic heterocycles. The van der Waals surface area contributed by atoms with Gasteiger partial charge in [0, 0.05) is 13.0 Å². The zero-order chi connectivity index (χ0) is 28.3. The SMILES string of the molecule is CCCCCCCCCCCCCCCCCC(=O)OCCOCCOCCOCCCCCCCCCC. The molecule has 0 saturated carbocycles. The minimum absolute atomic E-state index is 0.0989. The fourth-order valence-corrected chi connectivity index (χ4v) is 4.81. The van der Waals surface area contributed by atoms with Crippen LogP contribution in [0.15, 0.2) is 0 Å². The Bertz CT molecular complexity index is 457. The van der Waals surface area contributed by atoms with Crippen LogP contribution in [0, 0.1) is 0 Å². The van der Waals surface area contributed by atoms with Gasteiger partial charge in [-0.05, 0) is 12.8 Å². The van der Waals surface area contributed by atoms with Gasteiger partial charge in [0.2, 0.25) is 0 Å². The number of carbonyl (C=O) groups is 1. The minimum atomic E-state index is -0.0989. The molecule has 0 aliphatic carbocycles. The molecule has 0 unspecified atom stereocenters. The van der Waals surface area contributed by atoms with Gasteiger partial charge in [-0.3, -0.25) is 4.79 Å². The van der Waals surface area contributed by atoms with Gasteiger partial charge >= 0.3 is 5.97 Å². The maximum Gasteiger partial charge on any atom is 0.305 e. The molecular weight excluding hydrogens is 488 g/mol. The lowest BCUT2D eigenvalue weighted by atomic mass is 10.0. The van der Waals surface area contributed by atoms with Crippen LogP contribution in [0.4, 0.5) is 0 Å². The number of unbranched alkanes of at least 4 members (excludes halogenated alkanes) is 21. The third-order valence-corrected chi connectivity index (χ3v) is 7.36. The van der Waals surface area contributed by atoms with Gasteiger partial charge in [0.05, 0.1) is 33.0 Å². The smallest absolute Gasteiger partial charge is 0.305 e. The van der Waals surface area contributed by atoms with Crippen molar-refractivity contribution < 1.29 is 23.7 Å². The summed E-state index contributed by atoms with van der Waals surface area (Å²) in [6.07, 6.45) is 31.1. The molecule has 234 valence electrons. The summed E-state index contributed by atoms with van der Waals surface area (Å²) in [6, 6.07) is 0. The van der Waals surface area contributed by atoms with Crippen LogP contribution in [0.3, 0.4) is 0 Å². The van der Waals surface area contributed by atoms with Crippen molar-refractivity contribution in [3.63, 3.8) is 0 Å². The van der Waals surface area contributed by atoms with E-state index in [1.165, 1.54) is 128 Å². The van der Waals surface area contributed by atoms with Crippen molar-refractivity contribution in [2.24, 2.45) is 0 Å². The van der Waals surface area contributed by atoms with Crippen LogP contribution in [0.5, 0.6) is 0 Å². The highest BCUT2D eigenvalue weighted by Crippen LogP contribution is 2.14. The standard InChI is InChI=1S/C34H68O5/c1-3-5-7-9-11-13-14-15-16-17-18-19-20-22-24-26-34(35)39-33-32-38-31-30-37-29-28-36-27-25-23-21-12-10-8-6-4-2/h3-33H2,1-2H3. The summed E-state index contributed by atoms with van der Waals surface area (Å²) in [5.41, 5.74) is 0. The van der Waals surface area contributed by atoms with Gasteiger partial charge in [-0.1, -0.05) is 149 Å². The average Bonchev–Trinajstić information content (AvgIpc) is 2.94. The molecule has 5 nitrogen and oxygen atoms in total. The lowest BCUT2D eigenvalue weighted by Gasteiger charge is -2.08. The Morgan fingerprint density at radius 2 is 0.667 bits per heavy atom. The van der Waals surface area contributed by atoms with Gasteiger partial charge in [0.1, 0.15) is 6.61 Å². The molecule has 0 aliphatic heterocycles. The van der Waals surface area contributed by atoms with Crippen LogP contribution in [-0.2, 0) is 23.7 Å². The van der Waals surface area contributed by atoms with Crippen molar-refractivity contribution in [1.29, 1.82) is 0 Å². The Morgan fingerprint density at radius 3 is 1.08 bits per heavy atom. The number of esters is 1. The van der Waals surface area contributed by atoms with Crippen molar-refractivity contribution in [1.82, 2.24) is 0 Å². The Kier molecular flexibility index (Phi) is 34.8. The van der Waals surface area contributed by atoms with Gasteiger partial charge in [-0.25, -0.2) is 0 Å². The highest BCUT2D eigenvalue weighted by Gasteiger charge is 2.03. The molecule has 0 rings (SSSR count). The zero-order valence-electron chi connectivity index (χ0n) is 26.5. The number of hydrogen-bond donors (Lipinski definition) is 0. The zero-order valence-corrected chi connectivity index (χ0v) is 26.5. The maximum atomic E-state index is 11.8. The summed E-state index contributed by atoms with van der Waals surface area (Å²) >= 11 is 0. The number of hydrogen-bond acceptors (Lipinski definition) is 5. The predicted octanol–water partition coefficient (Wildman–Crippen LogP) is 9.98. The van der Waals surface area contributed by atoms with E-state index in [2.05, 4.69) is 13.8 Å². The molecule has 0 N–H and O–H groups in total. The normalized spacial score (nSPS) is 11.3. The monoisotopic (exact) mass is 557 g/mol. The summed E-state index contributed by atoms with van der Waals surface area (Å²) in [7, 11) is 0. The summed E-state index contributed by atoms with van der Waals surface area (Å²) in [5, 5.41) is 0. The Balaban J connectivity index is 3.14. The molecule has 0 aromatic carbocycles. The van der Waals surface area contributed by atoms with E-state index in [1.807, 2.05) is 0 Å². The summed E-state index contributed by atoms with van der Waals surface area (Å²) in [4.78, 5) is 11.8. The van der Waals surface area contributed by atoms with Crippen LogP contribution >= 0.6 is 0 Å². The lowest BCUT2D eigenvalue weighted by Crippen LogP contribution is -2.14. The van der Waals surface area contributed by atoms with Crippen LogP contribution in [0.1, 0.15) is 168 Å². The van der Waals surface area contributed by atoms with Crippen molar-refractivity contribution in [3.05, 3.63) is 0 Å². The van der Waals surface area contributed by atoms with Gasteiger partial charge < -0.3 is 18.9 Å². The van der Waals surface area contributed by atoms with E-state index in [1.54, 1.807) is 0 Å². The quantitative estimate of drug-likeness (QED) is 0.0583. The van der Waals surface area contributed by atoms with Gasteiger partial charge in [0.25, 0.3) is 0 Å². The van der Waals surface area contributed by atoms with Crippen LogP contribution in [0.25, 0.3) is 0 Å². The van der Waals surface area contributed by atoms with Crippen LogP contribution in [-0.4, -0.2) is 52.2 Å². The van der Waals surface area contributed by atoms with E-state index >= 15 is 0 Å². The number of carbonyl (C=O) groups excluding carboxylic acids is 1. The average molecular weight is 557 g/mol. The van der Waals surface area contributed by atoms with Crippen LogP contribution in [0.2, 0.25) is 0 Å². The molecule has 0 aromatic rings. The van der Waals surface area contributed by atoms with Gasteiger partial charge in [-0.15, -0.1) is 0 Å². The van der Waals surface area contributed by atoms with E-state index in [-0.39, 0.29) is 5.97 Å². The third kappa shape index (κ3) is 35.3. The second-order valence-electron chi connectivity index (χ2n) is 11.2. The van der Waals surface area contributed by atoms with Crippen molar-refractivity contribution >= 4 is 5.97 Å². The summed E-state index contributed by atoms with van der Waals surface area (Å²) in [5.74, 6) is -0.0989. The molecule has 0 bridgehead atoms. The Hall–Kier alpha value is -0.650. The number of ether oxygens (including phenoxy) is 4. The molecule has 39 heavy (non-hydrogen) atoms. The highest BCUT2D eigenvalue weighted by atomic mass is 16.6. The Morgan fingerprint density at radius 1 is 0.359 bits per heavy atom. The predicted molar refractivity (Wildman–Crippen MR) is 166 cm³/mol. The second kappa shape index (κ2) is 35.4. The molecule has 0 spiro atoms. The summed E-state index contributed by atoms with van der Waals surface area (Å²) < 4.78 is 21.9. The molecule has 0 amide bonds. The summed E-state index contributed by atoms with van der Waals surface area (Å²) in [6.45, 7) is 8.46. The van der Waals surface area contributed by atoms with Crippen molar-refractivity contribution in [2.75, 3.05) is 46.2 Å². The molecule has 0 aliphatic rings. The van der Waals surface area contributed by atoms with Crippen molar-refractivity contribution in [2.45, 2.75) is 168 Å². The van der Waals surface area contributed by atoms with Crippen molar-refractivity contribution in [3.8, 4) is 0 Å². The molecule has 0 saturated heterocycles. The molecule has 5 heteroatoms. The van der Waals surface area contributed by atoms with E-state index in [4.69, 9.17) is 18.9 Å². The van der Waals surface area contributed by atoms with E-state index in [0.717, 1.165) is 25.9 Å². The minimum Gasteiger partial charge on any atom is -0.463 e. The molecular formula is C34H68O5. The largest absolute Gasteiger partial charge is 0.463 e. The first-order valence-electron chi connectivity index (χ1n) is 17.2. The van der Waals surface area contributed by atoms with E-state index in [0.29, 0.717) is 46.1 Å². The second-order valence-corrected chi connectivity index (χ2v) is 11.2. The first-order chi connectivity index (χ1) is 19.3. The molecule has 0 fully saturated rings. The Labute approximate surface area is 243 Å². The van der Waals surface area contributed by atoms with E-state index < -0.39 is 0 Å². The molecule has 0 heterocycles. The molecule has 0 atom stereocenters. The maximum absolute atomic E-state index is 11.8. The topological polar surface area (TPSA) is 54.0 Å². The number of rotatable bonds is 34. The van der Waals surface area contributed by atoms with Crippen LogP contribution < -0.4 is 0 Å². The lowest BCUT2D eigenvalue weighted by molar-refractivity contribution is -0.145. The first kappa shape index (κ1) is 38.4. The molecule has 0 radical (unpaired) electrons. The third-order valence-electron chi connectivity index (χ3n) is 7.36.